The Morgan fingerprint density at radius 3 is 2.80 bits per heavy atom. The molecule has 0 bridgehead atoms. The van der Waals surface area contributed by atoms with Gasteiger partial charge >= 0.3 is 0 Å². The van der Waals surface area contributed by atoms with Crippen molar-refractivity contribution < 1.29 is 5.11 Å². The fourth-order valence-electron chi connectivity index (χ4n) is 1.19. The standard InChI is InChI=1S/C10H18N4O/c1-3-11-10-13-8(2)7-9(14-10)12-5-4-6-15/h7,15H,3-6H2,1-2H3,(H2,11,12,13,14). The maximum absolute atomic E-state index is 8.65. The third-order valence-electron chi connectivity index (χ3n) is 1.83. The van der Waals surface area contributed by atoms with Crippen molar-refractivity contribution in [1.29, 1.82) is 0 Å². The summed E-state index contributed by atoms with van der Waals surface area (Å²) in [6.07, 6.45) is 0.722. The largest absolute Gasteiger partial charge is 0.396 e. The van der Waals surface area contributed by atoms with E-state index in [-0.39, 0.29) is 6.61 Å². The highest BCUT2D eigenvalue weighted by Crippen LogP contribution is 2.09. The molecule has 15 heavy (non-hydrogen) atoms. The van der Waals surface area contributed by atoms with Crippen molar-refractivity contribution in [3.8, 4) is 0 Å². The fourth-order valence-corrected chi connectivity index (χ4v) is 1.19. The van der Waals surface area contributed by atoms with Crippen molar-refractivity contribution in [2.24, 2.45) is 0 Å². The first-order valence-electron chi connectivity index (χ1n) is 5.20. The molecule has 5 nitrogen and oxygen atoms in total. The SMILES string of the molecule is CCNc1nc(C)cc(NCCCO)n1. The van der Waals surface area contributed by atoms with Crippen molar-refractivity contribution in [3.05, 3.63) is 11.8 Å². The van der Waals surface area contributed by atoms with Gasteiger partial charge in [-0.2, -0.15) is 4.98 Å². The molecule has 1 heterocycles. The summed E-state index contributed by atoms with van der Waals surface area (Å²) < 4.78 is 0. The van der Waals surface area contributed by atoms with Gasteiger partial charge in [-0.15, -0.1) is 0 Å². The second-order valence-corrected chi connectivity index (χ2v) is 3.25. The Bertz CT molecular complexity index is 303. The van der Waals surface area contributed by atoms with Gasteiger partial charge in [0.25, 0.3) is 0 Å². The van der Waals surface area contributed by atoms with Crippen LogP contribution in [0.2, 0.25) is 0 Å². The van der Waals surface area contributed by atoms with Crippen LogP contribution in [-0.4, -0.2) is 34.8 Å². The highest BCUT2D eigenvalue weighted by atomic mass is 16.3. The second-order valence-electron chi connectivity index (χ2n) is 3.25. The summed E-state index contributed by atoms with van der Waals surface area (Å²) >= 11 is 0. The van der Waals surface area contributed by atoms with Gasteiger partial charge in [-0.05, 0) is 20.3 Å². The fraction of sp³-hybridized carbons (Fsp3) is 0.600. The minimum atomic E-state index is 0.192. The van der Waals surface area contributed by atoms with Crippen LogP contribution in [0.15, 0.2) is 6.07 Å². The molecule has 0 aromatic carbocycles. The summed E-state index contributed by atoms with van der Waals surface area (Å²) in [6.45, 7) is 5.65. The second kappa shape index (κ2) is 6.19. The van der Waals surface area contributed by atoms with Gasteiger partial charge in [0.1, 0.15) is 5.82 Å². The maximum Gasteiger partial charge on any atom is 0.224 e. The molecule has 0 spiro atoms. The van der Waals surface area contributed by atoms with E-state index in [0.29, 0.717) is 5.95 Å². The minimum Gasteiger partial charge on any atom is -0.396 e. The Morgan fingerprint density at radius 2 is 2.13 bits per heavy atom. The number of anilines is 2. The lowest BCUT2D eigenvalue weighted by Crippen LogP contribution is -2.09. The van der Waals surface area contributed by atoms with E-state index in [1.54, 1.807) is 0 Å². The number of rotatable bonds is 6. The van der Waals surface area contributed by atoms with Crippen LogP contribution in [0.1, 0.15) is 19.0 Å². The molecule has 0 saturated carbocycles. The lowest BCUT2D eigenvalue weighted by molar-refractivity contribution is 0.292. The summed E-state index contributed by atoms with van der Waals surface area (Å²) in [4.78, 5) is 8.52. The molecule has 5 heteroatoms. The molecular weight excluding hydrogens is 192 g/mol. The molecule has 1 aromatic rings. The van der Waals surface area contributed by atoms with Crippen molar-refractivity contribution in [2.45, 2.75) is 20.3 Å². The molecular formula is C10H18N4O. The van der Waals surface area contributed by atoms with Crippen LogP contribution in [0.3, 0.4) is 0 Å². The van der Waals surface area contributed by atoms with Crippen molar-refractivity contribution in [1.82, 2.24) is 9.97 Å². The van der Waals surface area contributed by atoms with E-state index < -0.39 is 0 Å². The van der Waals surface area contributed by atoms with E-state index in [9.17, 15) is 0 Å². The molecule has 0 radical (unpaired) electrons. The smallest absolute Gasteiger partial charge is 0.224 e. The number of nitrogens with one attached hydrogen (secondary N) is 2. The average molecular weight is 210 g/mol. The predicted octanol–water partition coefficient (Wildman–Crippen LogP) is 1.01. The minimum absolute atomic E-state index is 0.192. The summed E-state index contributed by atoms with van der Waals surface area (Å²) in [7, 11) is 0. The third-order valence-corrected chi connectivity index (χ3v) is 1.83. The Labute approximate surface area is 90.0 Å². The number of hydrogen-bond acceptors (Lipinski definition) is 5. The van der Waals surface area contributed by atoms with Crippen LogP contribution < -0.4 is 10.6 Å². The van der Waals surface area contributed by atoms with Gasteiger partial charge in [-0.1, -0.05) is 0 Å². The number of hydrogen-bond donors (Lipinski definition) is 3. The quantitative estimate of drug-likeness (QED) is 0.611. The van der Waals surface area contributed by atoms with E-state index >= 15 is 0 Å². The number of aryl methyl sites for hydroxylation is 1. The third kappa shape index (κ3) is 4.12. The van der Waals surface area contributed by atoms with Gasteiger partial charge in [-0.3, -0.25) is 0 Å². The first-order chi connectivity index (χ1) is 7.26. The lowest BCUT2D eigenvalue weighted by Gasteiger charge is -2.08. The zero-order valence-electron chi connectivity index (χ0n) is 9.25. The average Bonchev–Trinajstić information content (AvgIpc) is 2.18. The first-order valence-corrected chi connectivity index (χ1v) is 5.20. The molecule has 0 aliphatic heterocycles. The zero-order chi connectivity index (χ0) is 11.1. The number of aromatic nitrogens is 2. The van der Waals surface area contributed by atoms with Crippen LogP contribution in [0.4, 0.5) is 11.8 Å². The number of aliphatic hydroxyl groups excluding tert-OH is 1. The monoisotopic (exact) mass is 210 g/mol. The maximum atomic E-state index is 8.65. The van der Waals surface area contributed by atoms with Crippen molar-refractivity contribution in [3.63, 3.8) is 0 Å². The van der Waals surface area contributed by atoms with E-state index in [1.807, 2.05) is 19.9 Å². The van der Waals surface area contributed by atoms with Crippen LogP contribution in [0.5, 0.6) is 0 Å². The summed E-state index contributed by atoms with van der Waals surface area (Å²) in [5.41, 5.74) is 0.924. The van der Waals surface area contributed by atoms with Crippen LogP contribution in [-0.2, 0) is 0 Å². The highest BCUT2D eigenvalue weighted by molar-refractivity contribution is 5.41. The molecule has 0 amide bonds. The highest BCUT2D eigenvalue weighted by Gasteiger charge is 2.00. The van der Waals surface area contributed by atoms with E-state index in [1.165, 1.54) is 0 Å². The zero-order valence-corrected chi connectivity index (χ0v) is 9.25. The molecule has 84 valence electrons. The summed E-state index contributed by atoms with van der Waals surface area (Å²) in [5.74, 6) is 1.44. The molecule has 1 aromatic heterocycles. The van der Waals surface area contributed by atoms with E-state index in [0.717, 1.165) is 31.0 Å². The molecule has 0 fully saturated rings. The lowest BCUT2D eigenvalue weighted by atomic mass is 10.4. The number of nitrogens with zero attached hydrogens (tertiary/aromatic N) is 2. The molecule has 0 unspecified atom stereocenters. The Kier molecular flexibility index (Phi) is 4.83. The Morgan fingerprint density at radius 1 is 1.33 bits per heavy atom. The van der Waals surface area contributed by atoms with E-state index in [2.05, 4.69) is 20.6 Å². The Hall–Kier alpha value is -1.36. The molecule has 0 saturated heterocycles. The first kappa shape index (κ1) is 11.7. The van der Waals surface area contributed by atoms with Crippen molar-refractivity contribution in [2.75, 3.05) is 30.3 Å². The number of aliphatic hydroxyl groups is 1. The summed E-state index contributed by atoms with van der Waals surface area (Å²) in [6, 6.07) is 1.89. The van der Waals surface area contributed by atoms with E-state index in [4.69, 9.17) is 5.11 Å². The van der Waals surface area contributed by atoms with Crippen LogP contribution in [0, 0.1) is 6.92 Å². The van der Waals surface area contributed by atoms with Gasteiger partial charge in [0.15, 0.2) is 0 Å². The molecule has 0 aliphatic carbocycles. The summed E-state index contributed by atoms with van der Waals surface area (Å²) in [5, 5.41) is 14.9. The normalized spacial score (nSPS) is 10.1. The topological polar surface area (TPSA) is 70.1 Å². The van der Waals surface area contributed by atoms with Crippen LogP contribution >= 0.6 is 0 Å². The Balaban J connectivity index is 2.62. The molecule has 0 atom stereocenters. The molecule has 1 rings (SSSR count). The van der Waals surface area contributed by atoms with Gasteiger partial charge < -0.3 is 15.7 Å². The van der Waals surface area contributed by atoms with Gasteiger partial charge in [0.05, 0.1) is 0 Å². The predicted molar refractivity (Wildman–Crippen MR) is 61.1 cm³/mol. The molecule has 0 aliphatic rings. The van der Waals surface area contributed by atoms with Crippen LogP contribution in [0.25, 0.3) is 0 Å². The van der Waals surface area contributed by atoms with Crippen molar-refractivity contribution >= 4 is 11.8 Å². The van der Waals surface area contributed by atoms with Gasteiger partial charge in [0, 0.05) is 31.5 Å². The van der Waals surface area contributed by atoms with Gasteiger partial charge in [-0.25, -0.2) is 4.98 Å². The molecule has 3 N–H and O–H groups in total. The van der Waals surface area contributed by atoms with Gasteiger partial charge in [0.2, 0.25) is 5.95 Å².